The number of carbonyl (C=O) groups is 4. The first kappa shape index (κ1) is 151. The third-order valence-corrected chi connectivity index (χ3v) is 13.5. The van der Waals surface area contributed by atoms with Crippen molar-refractivity contribution in [3.05, 3.63) is 70.8 Å². The summed E-state index contributed by atoms with van der Waals surface area (Å²) in [5.74, 6) is -4.58. The zero-order valence-corrected chi connectivity index (χ0v) is 63.3. The monoisotopic (exact) mass is 1560 g/mol. The first-order valence-electron chi connectivity index (χ1n) is 27.7. The number of carboxylic acid groups (broad SMARTS) is 2. The average molecular weight is 1560 g/mol. The van der Waals surface area contributed by atoms with Gasteiger partial charge in [-0.05, 0) is 86.5 Å². The van der Waals surface area contributed by atoms with Crippen LogP contribution in [-0.2, 0) is 192 Å². The summed E-state index contributed by atoms with van der Waals surface area (Å²) < 4.78 is 12.3. The van der Waals surface area contributed by atoms with Gasteiger partial charge < -0.3 is 130 Å². The molecule has 0 aliphatic rings. The predicted octanol–water partition coefficient (Wildman–Crippen LogP) is 3.67. The molecule has 2 aromatic rings. The molecule has 0 saturated heterocycles. The second kappa shape index (κ2) is 93.0. The topological polar surface area (TPSA) is 636 Å². The molecule has 0 bridgehead atoms. The number of esters is 2. The quantitative estimate of drug-likeness (QED) is 0.0716. The van der Waals surface area contributed by atoms with Crippen molar-refractivity contribution in [2.75, 3.05) is 105 Å². The Bertz CT molecular complexity index is 1590. The fourth-order valence-corrected chi connectivity index (χ4v) is 8.08. The summed E-state index contributed by atoms with van der Waals surface area (Å²) in [5, 5.41) is 83.0. The Kier molecular flexibility index (Phi) is 151. The number of unbranched alkanes of at least 4 members (excludes halogenated alkanes) is 8. The van der Waals surface area contributed by atoms with Gasteiger partial charge in [0.1, 0.15) is 0 Å². The van der Waals surface area contributed by atoms with E-state index in [4.69, 9.17) is 19.7 Å². The van der Waals surface area contributed by atoms with Crippen molar-refractivity contribution in [1.29, 1.82) is 0 Å². The van der Waals surface area contributed by atoms with E-state index in [0.29, 0.717) is 0 Å². The van der Waals surface area contributed by atoms with Gasteiger partial charge >= 0.3 is 23.9 Å². The Morgan fingerprint density at radius 3 is 0.602 bits per heavy atom. The summed E-state index contributed by atoms with van der Waals surface area (Å²) in [4.78, 5) is 45.4. The maximum absolute atomic E-state index is 11.8. The molecule has 0 amide bonds. The number of benzene rings is 2. The molecule has 6 radical (unpaired) electrons. The van der Waals surface area contributed by atoms with E-state index in [1.807, 2.05) is 0 Å². The van der Waals surface area contributed by atoms with Crippen LogP contribution >= 0.6 is 0 Å². The van der Waals surface area contributed by atoms with Gasteiger partial charge in [-0.25, -0.2) is 19.2 Å². The van der Waals surface area contributed by atoms with E-state index >= 15 is 0 Å². The molecule has 0 spiro atoms. The number of quaternary nitrogens is 2. The number of ether oxygens (including phenoxy) is 2. The first-order valence-corrected chi connectivity index (χ1v) is 27.7. The smallest absolute Gasteiger partial charge is 0.339 e. The molecule has 0 aliphatic carbocycles. The van der Waals surface area contributed by atoms with Crippen molar-refractivity contribution >= 4 is 23.9 Å². The SMILES string of the molecule is CCCC[N+](CCCC)(CCCC)CCCC.CCCC[N+](CCCC)(CCCC)CCCC.O=C(O)c1ccccc1C(=O)OCC(C[O-])(C[O-])C[O-].O=C(O)c1ccccc1C(=O)OCC(C[O-])(C[O-])C[O-].[O-2].[O-2].[O-2].[O-2].[O-2].[O-2].[O-2].[O-2].[O-2].[O-2].[O-2].[O-2].[O-2].[V].[V].[V].[V].[V].[V]. The van der Waals surface area contributed by atoms with Gasteiger partial charge in [0.05, 0.1) is 87.8 Å². The van der Waals surface area contributed by atoms with E-state index < -0.39 is 87.6 Å². The van der Waals surface area contributed by atoms with Gasteiger partial charge in [0.15, 0.2) is 0 Å². The molecule has 0 aromatic heterocycles. The zero-order valence-electron chi connectivity index (χ0n) is 54.9. The number of hydrogen-bond acceptors (Lipinski definition) is 12. The number of carboxylic acids is 2. The van der Waals surface area contributed by atoms with E-state index in [0.717, 1.165) is 0 Å². The molecule has 2 N–H and O–H groups in total. The Morgan fingerprint density at radius 1 is 0.323 bits per heavy atom. The van der Waals surface area contributed by atoms with Gasteiger partial charge in [0.2, 0.25) is 0 Å². The number of hydrogen-bond donors (Lipinski definition) is 2. The van der Waals surface area contributed by atoms with Crippen LogP contribution in [0.3, 0.4) is 0 Å². The standard InChI is InChI=1S/2C16H36N.2C13H13O7.13O.6V/c2*1-5-9-13-17(14-10-6-2,15-11-7-3)16-12-8-4;2*14-5-13(6-15,7-16)8-20-12(19)10-4-2-1-3-9(10)11(17)18;;;;;;;;;;;;;;;;;;;/h2*5-16H2,1-4H3;2*1-4H,5-8H2,(H,17,18);;;;;;;;;;;;;;;;;;;/q2*+1;2*-3;13*-2;;;;;;. The molecular formula is C58H98N2O27V6-30. The number of carbonyl (C=O) groups excluding carboxylic acids is 2. The molecular weight excluding hydrogens is 1460 g/mol. The third-order valence-electron chi connectivity index (χ3n) is 13.5. The molecule has 93 heavy (non-hydrogen) atoms. The summed E-state index contributed by atoms with van der Waals surface area (Å²) in [5.41, 5.74) is -4.28. The molecule has 562 valence electrons. The molecule has 0 heterocycles. The van der Waals surface area contributed by atoms with Crippen LogP contribution in [0.1, 0.15) is 200 Å². The van der Waals surface area contributed by atoms with Crippen LogP contribution in [0.15, 0.2) is 48.5 Å². The minimum Gasteiger partial charge on any atom is -2.00 e. The van der Waals surface area contributed by atoms with Gasteiger partial charge in [-0.1, -0.05) is 131 Å². The van der Waals surface area contributed by atoms with Crippen molar-refractivity contribution in [3.8, 4) is 0 Å². The second-order valence-corrected chi connectivity index (χ2v) is 20.0. The van der Waals surface area contributed by atoms with Crippen molar-refractivity contribution in [3.63, 3.8) is 0 Å². The van der Waals surface area contributed by atoms with E-state index in [2.05, 4.69) is 55.4 Å². The van der Waals surface area contributed by atoms with Crippen LogP contribution in [0.4, 0.5) is 0 Å². The van der Waals surface area contributed by atoms with Crippen LogP contribution in [0.5, 0.6) is 0 Å². The largest absolute Gasteiger partial charge is 2.00 e. The summed E-state index contributed by atoms with van der Waals surface area (Å²) in [6.07, 6.45) is 22.1. The minimum absolute atomic E-state index is 0. The van der Waals surface area contributed by atoms with E-state index in [1.165, 1.54) is 213 Å². The second-order valence-electron chi connectivity index (χ2n) is 20.0. The molecule has 35 heteroatoms. The van der Waals surface area contributed by atoms with E-state index in [1.54, 1.807) is 0 Å². The van der Waals surface area contributed by atoms with E-state index in [-0.39, 0.29) is 205 Å². The van der Waals surface area contributed by atoms with Crippen LogP contribution in [0, 0.1) is 10.8 Å². The third kappa shape index (κ3) is 62.9. The van der Waals surface area contributed by atoms with Crippen LogP contribution < -0.4 is 30.6 Å². The number of aromatic carboxylic acids is 2. The minimum atomic E-state index is -1.69. The predicted molar refractivity (Wildman–Crippen MR) is 289 cm³/mol. The van der Waals surface area contributed by atoms with Gasteiger partial charge in [-0.3, -0.25) is 0 Å². The molecule has 29 nitrogen and oxygen atoms in total. The molecule has 0 saturated carbocycles. The van der Waals surface area contributed by atoms with Gasteiger partial charge in [-0.15, -0.1) is 39.6 Å². The maximum Gasteiger partial charge on any atom is 0.339 e. The van der Waals surface area contributed by atoms with Crippen molar-refractivity contribution in [2.45, 2.75) is 158 Å². The average Bonchev–Trinajstić information content (AvgIpc) is 3.43. The maximum atomic E-state index is 11.8. The van der Waals surface area contributed by atoms with Crippen molar-refractivity contribution in [2.24, 2.45) is 10.8 Å². The number of rotatable bonds is 38. The Labute approximate surface area is 625 Å². The van der Waals surface area contributed by atoms with Crippen molar-refractivity contribution < 1.29 is 261 Å². The van der Waals surface area contributed by atoms with Crippen molar-refractivity contribution in [1.82, 2.24) is 0 Å². The molecule has 2 rings (SSSR count). The summed E-state index contributed by atoms with van der Waals surface area (Å²) in [7, 11) is 0. The van der Waals surface area contributed by atoms with Crippen LogP contribution in [0.2, 0.25) is 0 Å². The number of nitrogens with zero attached hydrogens (tertiary/aromatic N) is 2. The molecule has 0 unspecified atom stereocenters. The zero-order chi connectivity index (χ0) is 56.3. The van der Waals surface area contributed by atoms with Gasteiger partial charge in [0, 0.05) is 111 Å². The summed E-state index contributed by atoms with van der Waals surface area (Å²) in [6.45, 7) is 23.1. The Hall–Kier alpha value is -1.01. The fourth-order valence-electron chi connectivity index (χ4n) is 8.08. The summed E-state index contributed by atoms with van der Waals surface area (Å²) >= 11 is 0. The molecule has 0 aliphatic heterocycles. The first-order chi connectivity index (χ1) is 35.5. The van der Waals surface area contributed by atoms with Crippen LogP contribution in [0.25, 0.3) is 0 Å². The van der Waals surface area contributed by atoms with Gasteiger partial charge in [0.25, 0.3) is 0 Å². The molecule has 2 aromatic carbocycles. The van der Waals surface area contributed by atoms with E-state index in [9.17, 15) is 49.8 Å². The Balaban J connectivity index is -0.0000000367. The van der Waals surface area contributed by atoms with Crippen LogP contribution in [-0.4, -0.2) is 148 Å². The normalized spacial score (nSPS) is 9.18. The summed E-state index contributed by atoms with van der Waals surface area (Å²) in [6, 6.07) is 10.7. The Morgan fingerprint density at radius 2 is 0.473 bits per heavy atom. The fraction of sp³-hybridized carbons (Fsp3) is 0.724. The molecule has 0 atom stereocenters. The van der Waals surface area contributed by atoms with Gasteiger partial charge in [-0.2, -0.15) is 0 Å². The molecule has 0 fully saturated rings.